The van der Waals surface area contributed by atoms with Crippen LogP contribution < -0.4 is 0 Å². The van der Waals surface area contributed by atoms with Gasteiger partial charge in [-0.15, -0.1) is 0 Å². The molecule has 1 amide bonds. The molecule has 2 aromatic rings. The molecule has 1 heterocycles. The minimum Gasteiger partial charge on any atom is -0.444 e. The van der Waals surface area contributed by atoms with Crippen LogP contribution in [0.1, 0.15) is 50.2 Å². The molecule has 1 saturated heterocycles. The molecule has 0 N–H and O–H groups in total. The first-order valence-electron chi connectivity index (χ1n) is 9.12. The maximum atomic E-state index is 12.6. The monoisotopic (exact) mass is 371 g/mol. The second-order valence-electron chi connectivity index (χ2n) is 7.89. The highest BCUT2D eigenvalue weighted by Crippen LogP contribution is 2.40. The van der Waals surface area contributed by atoms with Crippen molar-refractivity contribution in [2.24, 2.45) is 0 Å². The first-order valence-corrected chi connectivity index (χ1v) is 9.49. The normalized spacial score (nSPS) is 20.7. The van der Waals surface area contributed by atoms with Gasteiger partial charge in [-0.2, -0.15) is 0 Å². The van der Waals surface area contributed by atoms with Gasteiger partial charge in [-0.3, -0.25) is 0 Å². The molecule has 2 aromatic carbocycles. The average Bonchev–Trinajstić information content (AvgIpc) is 2.60. The molecule has 0 spiro atoms. The molecule has 2 atom stereocenters. The van der Waals surface area contributed by atoms with Crippen molar-refractivity contribution in [3.05, 3.63) is 70.7 Å². The standard InChI is InChI=1S/C22H26ClNO2/c1-22(2,3)26-21(25)24-13-12-19(16-8-5-4-6-9-16)20(15-24)17-10-7-11-18(23)14-17/h4-11,14,19-20H,12-13,15H2,1-3H3/t19-,20+/m0/s1. The van der Waals surface area contributed by atoms with Crippen molar-refractivity contribution in [2.45, 2.75) is 44.6 Å². The fraction of sp³-hybridized carbons (Fsp3) is 0.409. The second-order valence-corrected chi connectivity index (χ2v) is 8.33. The summed E-state index contributed by atoms with van der Waals surface area (Å²) in [5, 5.41) is 0.726. The molecule has 0 aromatic heterocycles. The third kappa shape index (κ3) is 4.59. The van der Waals surface area contributed by atoms with Crippen LogP contribution in [0.3, 0.4) is 0 Å². The number of amides is 1. The molecule has 0 aliphatic carbocycles. The van der Waals surface area contributed by atoms with Gasteiger partial charge >= 0.3 is 6.09 Å². The van der Waals surface area contributed by atoms with E-state index < -0.39 is 5.60 Å². The number of nitrogens with zero attached hydrogens (tertiary/aromatic N) is 1. The van der Waals surface area contributed by atoms with Crippen LogP contribution in [-0.2, 0) is 4.74 Å². The first kappa shape index (κ1) is 18.8. The van der Waals surface area contributed by atoms with Crippen molar-refractivity contribution >= 4 is 17.7 Å². The molecule has 4 heteroatoms. The Hall–Kier alpha value is -2.00. The summed E-state index contributed by atoms with van der Waals surface area (Å²) in [7, 11) is 0. The fourth-order valence-electron chi connectivity index (χ4n) is 3.62. The number of hydrogen-bond donors (Lipinski definition) is 0. The summed E-state index contributed by atoms with van der Waals surface area (Å²) in [6.45, 7) is 7.03. The lowest BCUT2D eigenvalue weighted by Crippen LogP contribution is -2.44. The zero-order chi connectivity index (χ0) is 18.7. The Kier molecular flexibility index (Phi) is 5.57. The lowest BCUT2D eigenvalue weighted by Gasteiger charge is -2.39. The van der Waals surface area contributed by atoms with Crippen LogP contribution in [0.4, 0.5) is 4.79 Å². The van der Waals surface area contributed by atoms with Gasteiger partial charge in [0.1, 0.15) is 5.60 Å². The number of rotatable bonds is 2. The predicted octanol–water partition coefficient (Wildman–Crippen LogP) is 5.85. The van der Waals surface area contributed by atoms with Crippen LogP contribution in [0.5, 0.6) is 0 Å². The van der Waals surface area contributed by atoms with E-state index in [-0.39, 0.29) is 12.0 Å². The van der Waals surface area contributed by atoms with Gasteiger partial charge in [-0.1, -0.05) is 54.1 Å². The Morgan fingerprint density at radius 1 is 1.04 bits per heavy atom. The van der Waals surface area contributed by atoms with Gasteiger partial charge < -0.3 is 9.64 Å². The number of carbonyl (C=O) groups excluding carboxylic acids is 1. The Labute approximate surface area is 160 Å². The summed E-state index contributed by atoms with van der Waals surface area (Å²) in [4.78, 5) is 14.4. The van der Waals surface area contributed by atoms with E-state index in [2.05, 4.69) is 30.3 Å². The average molecular weight is 372 g/mol. The molecule has 3 rings (SSSR count). The number of hydrogen-bond acceptors (Lipinski definition) is 2. The smallest absolute Gasteiger partial charge is 0.410 e. The number of likely N-dealkylation sites (tertiary alicyclic amines) is 1. The van der Waals surface area contributed by atoms with Gasteiger partial charge in [0.05, 0.1) is 0 Å². The van der Waals surface area contributed by atoms with E-state index in [0.29, 0.717) is 19.0 Å². The highest BCUT2D eigenvalue weighted by Gasteiger charge is 2.35. The van der Waals surface area contributed by atoms with E-state index >= 15 is 0 Å². The Morgan fingerprint density at radius 2 is 1.73 bits per heavy atom. The van der Waals surface area contributed by atoms with E-state index in [1.165, 1.54) is 11.1 Å². The van der Waals surface area contributed by atoms with Gasteiger partial charge in [0, 0.05) is 24.0 Å². The molecule has 1 aliphatic heterocycles. The molecule has 1 fully saturated rings. The summed E-state index contributed by atoms with van der Waals surface area (Å²) in [5.41, 5.74) is 1.99. The zero-order valence-electron chi connectivity index (χ0n) is 15.6. The second kappa shape index (κ2) is 7.71. The van der Waals surface area contributed by atoms with Crippen molar-refractivity contribution in [1.82, 2.24) is 4.90 Å². The number of halogens is 1. The van der Waals surface area contributed by atoms with Gasteiger partial charge in [0.15, 0.2) is 0 Å². The number of piperidine rings is 1. The molecule has 3 nitrogen and oxygen atoms in total. The molecule has 1 aliphatic rings. The summed E-state index contributed by atoms with van der Waals surface area (Å²) in [6.07, 6.45) is 0.663. The molecule has 26 heavy (non-hydrogen) atoms. The first-order chi connectivity index (χ1) is 12.3. The van der Waals surface area contributed by atoms with Crippen molar-refractivity contribution in [2.75, 3.05) is 13.1 Å². The minimum atomic E-state index is -0.487. The molecule has 138 valence electrons. The van der Waals surface area contributed by atoms with Crippen LogP contribution in [-0.4, -0.2) is 29.7 Å². The van der Waals surface area contributed by atoms with Crippen molar-refractivity contribution in [3.8, 4) is 0 Å². The summed E-state index contributed by atoms with van der Waals surface area (Å²) in [6, 6.07) is 18.5. The molecule has 0 unspecified atom stereocenters. The maximum absolute atomic E-state index is 12.6. The Balaban J connectivity index is 1.88. The summed E-state index contributed by atoms with van der Waals surface area (Å²) in [5.74, 6) is 0.547. The lowest BCUT2D eigenvalue weighted by molar-refractivity contribution is 0.0184. The van der Waals surface area contributed by atoms with E-state index in [4.69, 9.17) is 16.3 Å². The van der Waals surface area contributed by atoms with E-state index in [9.17, 15) is 4.79 Å². The third-order valence-electron chi connectivity index (χ3n) is 4.77. The quantitative estimate of drug-likeness (QED) is 0.662. The van der Waals surface area contributed by atoms with Crippen molar-refractivity contribution < 1.29 is 9.53 Å². The molecular weight excluding hydrogens is 346 g/mol. The highest BCUT2D eigenvalue weighted by atomic mass is 35.5. The van der Waals surface area contributed by atoms with Gasteiger partial charge in [-0.25, -0.2) is 4.79 Å². The van der Waals surface area contributed by atoms with Crippen LogP contribution in [0.25, 0.3) is 0 Å². The molecular formula is C22H26ClNO2. The highest BCUT2D eigenvalue weighted by molar-refractivity contribution is 6.30. The van der Waals surface area contributed by atoms with E-state index in [1.807, 2.05) is 49.9 Å². The maximum Gasteiger partial charge on any atom is 0.410 e. The van der Waals surface area contributed by atoms with Crippen LogP contribution in [0, 0.1) is 0 Å². The van der Waals surface area contributed by atoms with Gasteiger partial charge in [0.2, 0.25) is 0 Å². The zero-order valence-corrected chi connectivity index (χ0v) is 16.4. The Morgan fingerprint density at radius 3 is 2.38 bits per heavy atom. The van der Waals surface area contributed by atoms with Crippen LogP contribution in [0.2, 0.25) is 5.02 Å². The SMILES string of the molecule is CC(C)(C)OC(=O)N1CC[C@@H](c2ccccc2)[C@@H](c2cccc(Cl)c2)C1. The van der Waals surface area contributed by atoms with Gasteiger partial charge in [-0.05, 0) is 56.4 Å². The predicted molar refractivity (Wildman–Crippen MR) is 106 cm³/mol. The molecule has 0 radical (unpaired) electrons. The number of ether oxygens (including phenoxy) is 1. The largest absolute Gasteiger partial charge is 0.444 e. The number of benzene rings is 2. The van der Waals surface area contributed by atoms with Gasteiger partial charge in [0.25, 0.3) is 0 Å². The lowest BCUT2D eigenvalue weighted by atomic mass is 9.77. The minimum absolute atomic E-state index is 0.192. The summed E-state index contributed by atoms with van der Waals surface area (Å²) >= 11 is 6.24. The Bertz CT molecular complexity index is 754. The molecule has 0 bridgehead atoms. The van der Waals surface area contributed by atoms with Crippen molar-refractivity contribution in [3.63, 3.8) is 0 Å². The van der Waals surface area contributed by atoms with E-state index in [0.717, 1.165) is 11.4 Å². The van der Waals surface area contributed by atoms with Crippen LogP contribution >= 0.6 is 11.6 Å². The third-order valence-corrected chi connectivity index (χ3v) is 5.00. The van der Waals surface area contributed by atoms with Crippen LogP contribution in [0.15, 0.2) is 54.6 Å². The van der Waals surface area contributed by atoms with Crippen molar-refractivity contribution in [1.29, 1.82) is 0 Å². The summed E-state index contributed by atoms with van der Waals surface area (Å²) < 4.78 is 5.59. The fourth-order valence-corrected chi connectivity index (χ4v) is 3.82. The number of carbonyl (C=O) groups is 1. The van der Waals surface area contributed by atoms with E-state index in [1.54, 1.807) is 0 Å². The molecule has 0 saturated carbocycles. The topological polar surface area (TPSA) is 29.5 Å².